The van der Waals surface area contributed by atoms with Crippen LogP contribution in [0.5, 0.6) is 0 Å². The van der Waals surface area contributed by atoms with Gasteiger partial charge in [-0.3, -0.25) is 4.79 Å². The average molecular weight is 567 g/mol. The van der Waals surface area contributed by atoms with Crippen LogP contribution in [0.3, 0.4) is 0 Å². The van der Waals surface area contributed by atoms with Crippen molar-refractivity contribution in [2.75, 3.05) is 19.8 Å². The van der Waals surface area contributed by atoms with Gasteiger partial charge in [-0.2, -0.15) is 0 Å². The molecule has 0 aliphatic heterocycles. The average Bonchev–Trinajstić information content (AvgIpc) is 3.02. The monoisotopic (exact) mass is 566 g/mol. The molecule has 0 saturated heterocycles. The quantitative estimate of drug-likeness (QED) is 0.130. The Labute approximate surface area is 247 Å². The van der Waals surface area contributed by atoms with E-state index in [-0.39, 0.29) is 31.2 Å². The number of allylic oxidation sites excluding steroid dienone is 3. The Kier molecular flexibility index (Phi) is 11.4. The Morgan fingerprint density at radius 3 is 2.64 bits per heavy atom. The first-order valence-electron chi connectivity index (χ1n) is 14.3. The fourth-order valence-electron chi connectivity index (χ4n) is 5.14. The molecule has 3 atom stereocenters. The van der Waals surface area contributed by atoms with Gasteiger partial charge in [-0.25, -0.2) is 4.79 Å². The molecular formula is C36H38O6. The minimum absolute atomic E-state index is 0.0253. The third kappa shape index (κ3) is 8.62. The van der Waals surface area contributed by atoms with Gasteiger partial charge in [0, 0.05) is 17.6 Å². The third-order valence-electron chi connectivity index (χ3n) is 7.13. The van der Waals surface area contributed by atoms with E-state index in [4.69, 9.17) is 14.2 Å². The van der Waals surface area contributed by atoms with Crippen LogP contribution in [0, 0.1) is 5.92 Å². The molecule has 3 aromatic rings. The largest absolute Gasteiger partial charge is 0.489 e. The van der Waals surface area contributed by atoms with E-state index in [1.54, 1.807) is 19.1 Å². The summed E-state index contributed by atoms with van der Waals surface area (Å²) in [4.78, 5) is 23.6. The molecule has 1 aliphatic rings. The van der Waals surface area contributed by atoms with Crippen molar-refractivity contribution in [1.29, 1.82) is 0 Å². The summed E-state index contributed by atoms with van der Waals surface area (Å²) < 4.78 is 17.1. The molecule has 42 heavy (non-hydrogen) atoms. The fraction of sp³-hybridized carbons (Fsp3) is 0.278. The number of esters is 1. The molecule has 3 unspecified atom stereocenters. The lowest BCUT2D eigenvalue weighted by Gasteiger charge is -2.29. The maximum atomic E-state index is 12.2. The maximum absolute atomic E-state index is 12.2. The first-order valence-corrected chi connectivity index (χ1v) is 14.3. The van der Waals surface area contributed by atoms with Gasteiger partial charge in [0.15, 0.2) is 0 Å². The van der Waals surface area contributed by atoms with E-state index in [0.29, 0.717) is 18.8 Å². The number of benzene rings is 3. The second-order valence-corrected chi connectivity index (χ2v) is 10.2. The van der Waals surface area contributed by atoms with Crippen molar-refractivity contribution < 1.29 is 28.9 Å². The molecule has 1 aliphatic carbocycles. The number of carbonyl (C=O) groups is 2. The van der Waals surface area contributed by atoms with Crippen molar-refractivity contribution in [1.82, 2.24) is 0 Å². The normalized spacial score (nSPS) is 17.1. The highest BCUT2D eigenvalue weighted by Gasteiger charge is 2.26. The highest BCUT2D eigenvalue weighted by atomic mass is 16.5. The lowest BCUT2D eigenvalue weighted by Crippen LogP contribution is -2.21. The lowest BCUT2D eigenvalue weighted by molar-refractivity contribution is -0.137. The predicted octanol–water partition coefficient (Wildman–Crippen LogP) is 6.90. The highest BCUT2D eigenvalue weighted by molar-refractivity contribution is 5.90. The maximum Gasteiger partial charge on any atom is 0.330 e. The van der Waals surface area contributed by atoms with E-state index < -0.39 is 5.97 Å². The van der Waals surface area contributed by atoms with Crippen molar-refractivity contribution in [3.8, 4) is 11.1 Å². The van der Waals surface area contributed by atoms with E-state index >= 15 is 0 Å². The van der Waals surface area contributed by atoms with Crippen molar-refractivity contribution in [2.24, 2.45) is 5.92 Å². The van der Waals surface area contributed by atoms with Crippen LogP contribution in [0.2, 0.25) is 0 Å². The molecule has 0 spiro atoms. The van der Waals surface area contributed by atoms with Gasteiger partial charge in [0.05, 0.1) is 25.9 Å². The number of rotatable bonds is 14. The fourth-order valence-corrected chi connectivity index (χ4v) is 5.14. The molecule has 1 N–H and O–H groups in total. The smallest absolute Gasteiger partial charge is 0.330 e. The van der Waals surface area contributed by atoms with Crippen molar-refractivity contribution in [3.63, 3.8) is 0 Å². The lowest BCUT2D eigenvalue weighted by atomic mass is 9.78. The van der Waals surface area contributed by atoms with E-state index in [1.807, 2.05) is 67.6 Å². The molecular weight excluding hydrogens is 528 g/mol. The highest BCUT2D eigenvalue weighted by Crippen LogP contribution is 2.38. The number of ether oxygens (including phenoxy) is 3. The second-order valence-electron chi connectivity index (χ2n) is 10.2. The third-order valence-corrected chi connectivity index (χ3v) is 7.13. The van der Waals surface area contributed by atoms with E-state index in [2.05, 4.69) is 24.3 Å². The standard InChI is InChI=1S/C36H38O6/c1-3-40-36(39)17-13-31-22-30(12-15-34(31)29-11-7-10-28(21-29)24-38)35-16-14-33(42-25-27-8-5-4-6-9-27)23-32(35)20-26(2)41-19-18-37/h4-17,21-24,26,32,35,37H,3,18-20,25H2,1-2H3/b17-13+. The van der Waals surface area contributed by atoms with Crippen molar-refractivity contribution in [3.05, 3.63) is 125 Å². The van der Waals surface area contributed by atoms with E-state index in [9.17, 15) is 14.7 Å². The summed E-state index contributed by atoms with van der Waals surface area (Å²) in [6, 6.07) is 23.7. The van der Waals surface area contributed by atoms with Crippen molar-refractivity contribution in [2.45, 2.75) is 38.9 Å². The Morgan fingerprint density at radius 1 is 1.05 bits per heavy atom. The van der Waals surface area contributed by atoms with Crippen LogP contribution in [-0.4, -0.2) is 43.3 Å². The summed E-state index contributed by atoms with van der Waals surface area (Å²) in [6.45, 7) is 4.82. The number of aliphatic hydroxyl groups is 1. The van der Waals surface area contributed by atoms with E-state index in [1.165, 1.54) is 6.08 Å². The molecule has 3 aromatic carbocycles. The molecule has 0 amide bonds. The number of aldehydes is 1. The molecule has 0 saturated carbocycles. The van der Waals surface area contributed by atoms with Crippen molar-refractivity contribution >= 4 is 18.3 Å². The number of hydrogen-bond donors (Lipinski definition) is 1. The predicted molar refractivity (Wildman–Crippen MR) is 165 cm³/mol. The molecule has 6 heteroatoms. The van der Waals surface area contributed by atoms with Gasteiger partial charge in [0.2, 0.25) is 0 Å². The van der Waals surface area contributed by atoms with Gasteiger partial charge >= 0.3 is 5.97 Å². The number of carbonyl (C=O) groups excluding carboxylic acids is 2. The van der Waals surface area contributed by atoms with Crippen LogP contribution in [0.15, 0.2) is 103 Å². The first kappa shape index (κ1) is 30.7. The summed E-state index contributed by atoms with van der Waals surface area (Å²) in [5.74, 6) is 0.489. The Balaban J connectivity index is 1.67. The Morgan fingerprint density at radius 2 is 1.88 bits per heavy atom. The summed E-state index contributed by atoms with van der Waals surface area (Å²) in [7, 11) is 0. The van der Waals surface area contributed by atoms with Crippen LogP contribution in [0.25, 0.3) is 17.2 Å². The molecule has 0 bridgehead atoms. The number of aliphatic hydroxyl groups excluding tert-OH is 1. The first-order chi connectivity index (χ1) is 20.5. The minimum Gasteiger partial charge on any atom is -0.489 e. The minimum atomic E-state index is -0.413. The molecule has 218 valence electrons. The zero-order valence-corrected chi connectivity index (χ0v) is 24.1. The molecule has 6 nitrogen and oxygen atoms in total. The van der Waals surface area contributed by atoms with Crippen LogP contribution in [0.4, 0.5) is 0 Å². The molecule has 4 rings (SSSR count). The topological polar surface area (TPSA) is 82.1 Å². The molecule has 0 aromatic heterocycles. The summed E-state index contributed by atoms with van der Waals surface area (Å²) in [5, 5.41) is 9.25. The Bertz CT molecular complexity index is 1420. The van der Waals surface area contributed by atoms with E-state index in [0.717, 1.165) is 46.3 Å². The van der Waals surface area contributed by atoms with Gasteiger partial charge in [-0.1, -0.05) is 72.8 Å². The second kappa shape index (κ2) is 15.7. The summed E-state index contributed by atoms with van der Waals surface area (Å²) in [5.41, 5.74) is 5.38. The molecule has 0 fully saturated rings. The zero-order valence-electron chi connectivity index (χ0n) is 24.1. The van der Waals surface area contributed by atoms with Crippen LogP contribution >= 0.6 is 0 Å². The van der Waals surface area contributed by atoms with Crippen LogP contribution in [-0.2, 0) is 25.6 Å². The van der Waals surface area contributed by atoms with Crippen LogP contribution in [0.1, 0.15) is 53.2 Å². The molecule has 0 heterocycles. The van der Waals surface area contributed by atoms with Gasteiger partial charge in [-0.15, -0.1) is 0 Å². The van der Waals surface area contributed by atoms with Gasteiger partial charge in [0.25, 0.3) is 0 Å². The Hall–Kier alpha value is -4.26. The zero-order chi connectivity index (χ0) is 29.7. The van der Waals surface area contributed by atoms with Gasteiger partial charge < -0.3 is 19.3 Å². The van der Waals surface area contributed by atoms with Gasteiger partial charge in [-0.05, 0) is 78.3 Å². The van der Waals surface area contributed by atoms with Crippen LogP contribution < -0.4 is 0 Å². The summed E-state index contributed by atoms with van der Waals surface area (Å²) in [6.07, 6.45) is 11.0. The van der Waals surface area contributed by atoms with Gasteiger partial charge in [0.1, 0.15) is 18.7 Å². The number of hydrogen-bond acceptors (Lipinski definition) is 6. The summed E-state index contributed by atoms with van der Waals surface area (Å²) >= 11 is 0. The SMILES string of the molecule is CCOC(=O)/C=C/c1cc(C2C=CC(OCc3ccccc3)=CC2CC(C)OCCO)ccc1-c1cccc(C=O)c1. The molecule has 0 radical (unpaired) electrons.